The Morgan fingerprint density at radius 3 is 1.69 bits per heavy atom. The number of benzene rings is 1. The Morgan fingerprint density at radius 2 is 1.17 bits per heavy atom. The van der Waals surface area contributed by atoms with Crippen LogP contribution in [0.5, 0.6) is 0 Å². The maximum absolute atomic E-state index is 12.9. The lowest BCUT2D eigenvalue weighted by molar-refractivity contribution is 0.00695. The molecule has 1 aromatic carbocycles. The zero-order chi connectivity index (χ0) is 21.2. The Bertz CT molecular complexity index is 480. The van der Waals surface area contributed by atoms with Gasteiger partial charge in [-0.25, -0.2) is 4.39 Å². The Morgan fingerprint density at radius 1 is 0.690 bits per heavy atom. The number of hydrogen-bond donors (Lipinski definition) is 0. The summed E-state index contributed by atoms with van der Waals surface area (Å²) in [6.07, 6.45) is 17.5. The molecule has 1 rings (SSSR count). The second-order valence-corrected chi connectivity index (χ2v) is 10.4. The van der Waals surface area contributed by atoms with Crippen LogP contribution in [0.15, 0.2) is 24.3 Å². The number of thioether (sulfide) groups is 1. The first kappa shape index (κ1) is 26.5. The monoisotopic (exact) mass is 424 g/mol. The third-order valence-electron chi connectivity index (χ3n) is 5.18. The largest absolute Gasteiger partial charge is 0.375 e. The summed E-state index contributed by atoms with van der Waals surface area (Å²) in [6, 6.07) is 6.96. The Hall–Kier alpha value is -0.540. The van der Waals surface area contributed by atoms with Crippen LogP contribution in [0.3, 0.4) is 0 Å². The van der Waals surface area contributed by atoms with Gasteiger partial charge in [0.1, 0.15) is 5.82 Å². The highest BCUT2D eigenvalue weighted by Crippen LogP contribution is 2.15. The van der Waals surface area contributed by atoms with Crippen molar-refractivity contribution >= 4 is 11.8 Å². The highest BCUT2D eigenvalue weighted by molar-refractivity contribution is 7.99. The lowest BCUT2D eigenvalue weighted by Gasteiger charge is -2.19. The third-order valence-corrected chi connectivity index (χ3v) is 6.21. The fourth-order valence-electron chi connectivity index (χ4n) is 3.46. The average Bonchev–Trinajstić information content (AvgIpc) is 2.67. The van der Waals surface area contributed by atoms with Crippen LogP contribution in [-0.4, -0.2) is 23.7 Å². The molecule has 0 saturated carbocycles. The van der Waals surface area contributed by atoms with Crippen molar-refractivity contribution in [3.63, 3.8) is 0 Å². The Balaban J connectivity index is 1.72. The minimum absolute atomic E-state index is 0.00570. The topological polar surface area (TPSA) is 9.23 Å². The Kier molecular flexibility index (Phi) is 15.7. The summed E-state index contributed by atoms with van der Waals surface area (Å²) in [5, 5.41) is 0. The van der Waals surface area contributed by atoms with Crippen molar-refractivity contribution < 1.29 is 9.13 Å². The van der Waals surface area contributed by atoms with Gasteiger partial charge in [0, 0.05) is 5.75 Å². The van der Waals surface area contributed by atoms with E-state index in [-0.39, 0.29) is 11.4 Å². The SMILES string of the molecule is CC(C)(C)OCCSCCCCCCCCCCCCCCc1ccc(F)cc1. The van der Waals surface area contributed by atoms with Gasteiger partial charge in [-0.1, -0.05) is 76.3 Å². The molecule has 0 aromatic heterocycles. The van der Waals surface area contributed by atoms with Gasteiger partial charge >= 0.3 is 0 Å². The highest BCUT2D eigenvalue weighted by atomic mass is 32.2. The van der Waals surface area contributed by atoms with Gasteiger partial charge in [0.05, 0.1) is 12.2 Å². The van der Waals surface area contributed by atoms with E-state index in [0.717, 1.165) is 18.8 Å². The van der Waals surface area contributed by atoms with Crippen LogP contribution in [0.25, 0.3) is 0 Å². The van der Waals surface area contributed by atoms with Crippen molar-refractivity contribution in [2.75, 3.05) is 18.1 Å². The molecule has 168 valence electrons. The molecule has 1 nitrogen and oxygen atoms in total. The number of unbranched alkanes of at least 4 members (excludes halogenated alkanes) is 11. The van der Waals surface area contributed by atoms with E-state index in [0.29, 0.717) is 0 Å². The van der Waals surface area contributed by atoms with E-state index in [9.17, 15) is 4.39 Å². The van der Waals surface area contributed by atoms with Crippen molar-refractivity contribution in [2.24, 2.45) is 0 Å². The maximum Gasteiger partial charge on any atom is 0.123 e. The summed E-state index contributed by atoms with van der Waals surface area (Å²) in [6.45, 7) is 7.24. The predicted molar refractivity (Wildman–Crippen MR) is 129 cm³/mol. The minimum Gasteiger partial charge on any atom is -0.375 e. The van der Waals surface area contributed by atoms with Gasteiger partial charge < -0.3 is 4.74 Å². The minimum atomic E-state index is -0.134. The van der Waals surface area contributed by atoms with Crippen LogP contribution < -0.4 is 0 Å². The van der Waals surface area contributed by atoms with E-state index in [1.54, 1.807) is 12.1 Å². The summed E-state index contributed by atoms with van der Waals surface area (Å²) in [5.41, 5.74) is 1.27. The van der Waals surface area contributed by atoms with E-state index < -0.39 is 0 Å². The predicted octanol–water partition coefficient (Wildman–Crippen LogP) is 8.60. The quantitative estimate of drug-likeness (QED) is 0.218. The standard InChI is InChI=1S/C26H45FOS/c1-26(2,3)28-21-23-29-22-15-13-11-9-7-5-4-6-8-10-12-14-16-24-17-19-25(27)20-18-24/h17-20H,4-16,21-23H2,1-3H3. The molecule has 29 heavy (non-hydrogen) atoms. The van der Waals surface area contributed by atoms with Crippen LogP contribution in [0, 0.1) is 5.82 Å². The van der Waals surface area contributed by atoms with Gasteiger partial charge in [-0.15, -0.1) is 0 Å². The van der Waals surface area contributed by atoms with Crippen LogP contribution >= 0.6 is 11.8 Å². The fourth-order valence-corrected chi connectivity index (χ4v) is 4.27. The van der Waals surface area contributed by atoms with E-state index in [2.05, 4.69) is 20.8 Å². The summed E-state index contributed by atoms with van der Waals surface area (Å²) in [5.74, 6) is 2.28. The van der Waals surface area contributed by atoms with E-state index >= 15 is 0 Å². The van der Waals surface area contributed by atoms with Crippen molar-refractivity contribution in [3.05, 3.63) is 35.6 Å². The fraction of sp³-hybridized carbons (Fsp3) is 0.769. The third kappa shape index (κ3) is 18.0. The molecule has 0 atom stereocenters. The number of hydrogen-bond acceptors (Lipinski definition) is 2. The molecule has 0 aliphatic heterocycles. The molecule has 0 amide bonds. The molecule has 1 aromatic rings. The van der Waals surface area contributed by atoms with E-state index in [1.165, 1.54) is 88.4 Å². The molecule has 0 unspecified atom stereocenters. The summed E-state index contributed by atoms with van der Waals surface area (Å²) in [4.78, 5) is 0. The van der Waals surface area contributed by atoms with Crippen molar-refractivity contribution in [3.8, 4) is 0 Å². The van der Waals surface area contributed by atoms with Crippen molar-refractivity contribution in [1.82, 2.24) is 0 Å². The molecular formula is C26H45FOS. The number of halogens is 1. The van der Waals surface area contributed by atoms with Crippen LogP contribution in [0.4, 0.5) is 4.39 Å². The molecule has 0 fully saturated rings. The molecule has 0 heterocycles. The molecule has 0 spiro atoms. The first-order chi connectivity index (χ1) is 14.0. The van der Waals surface area contributed by atoms with Gasteiger partial charge in [-0.05, 0) is 63.5 Å². The molecule has 0 aliphatic carbocycles. The number of aryl methyl sites for hydroxylation is 1. The second-order valence-electron chi connectivity index (χ2n) is 9.19. The van der Waals surface area contributed by atoms with Crippen molar-refractivity contribution in [1.29, 1.82) is 0 Å². The van der Waals surface area contributed by atoms with Gasteiger partial charge in [0.2, 0.25) is 0 Å². The van der Waals surface area contributed by atoms with Crippen LogP contribution in [0.1, 0.15) is 103 Å². The van der Waals surface area contributed by atoms with E-state index in [4.69, 9.17) is 4.74 Å². The normalized spacial score (nSPS) is 11.9. The highest BCUT2D eigenvalue weighted by Gasteiger charge is 2.08. The van der Waals surface area contributed by atoms with Gasteiger partial charge in [0.25, 0.3) is 0 Å². The summed E-state index contributed by atoms with van der Waals surface area (Å²) in [7, 11) is 0. The second kappa shape index (κ2) is 17.2. The number of ether oxygens (including phenoxy) is 1. The average molecular weight is 425 g/mol. The zero-order valence-electron chi connectivity index (χ0n) is 19.3. The molecule has 3 heteroatoms. The molecule has 0 radical (unpaired) electrons. The lowest BCUT2D eigenvalue weighted by atomic mass is 10.0. The molecule has 0 saturated heterocycles. The van der Waals surface area contributed by atoms with Crippen LogP contribution in [0.2, 0.25) is 0 Å². The first-order valence-electron chi connectivity index (χ1n) is 11.9. The maximum atomic E-state index is 12.9. The van der Waals surface area contributed by atoms with Gasteiger partial charge in [0.15, 0.2) is 0 Å². The lowest BCUT2D eigenvalue weighted by Crippen LogP contribution is -2.20. The first-order valence-corrected chi connectivity index (χ1v) is 13.1. The van der Waals surface area contributed by atoms with Crippen molar-refractivity contribution in [2.45, 2.75) is 110 Å². The van der Waals surface area contributed by atoms with E-state index in [1.807, 2.05) is 23.9 Å². The summed E-state index contributed by atoms with van der Waals surface area (Å²) < 4.78 is 18.6. The molecule has 0 N–H and O–H groups in total. The summed E-state index contributed by atoms with van der Waals surface area (Å²) >= 11 is 2.04. The molecule has 0 bridgehead atoms. The molecular weight excluding hydrogens is 379 g/mol. The van der Waals surface area contributed by atoms with Gasteiger partial charge in [-0.3, -0.25) is 0 Å². The molecule has 0 aliphatic rings. The number of rotatable bonds is 18. The zero-order valence-corrected chi connectivity index (χ0v) is 20.1. The smallest absolute Gasteiger partial charge is 0.123 e. The Labute approximate surface area is 184 Å². The van der Waals surface area contributed by atoms with Gasteiger partial charge in [-0.2, -0.15) is 11.8 Å². The van der Waals surface area contributed by atoms with Crippen LogP contribution in [-0.2, 0) is 11.2 Å².